The summed E-state index contributed by atoms with van der Waals surface area (Å²) in [7, 11) is 0. The highest BCUT2D eigenvalue weighted by atomic mass is 16.5. The van der Waals surface area contributed by atoms with E-state index in [1.165, 1.54) is 5.56 Å². The number of morpholine rings is 1. The minimum absolute atomic E-state index is 0.000966. The van der Waals surface area contributed by atoms with Gasteiger partial charge in [0.2, 0.25) is 11.8 Å². The van der Waals surface area contributed by atoms with Gasteiger partial charge in [0, 0.05) is 69.4 Å². The lowest BCUT2D eigenvalue weighted by atomic mass is 10.0. The molecule has 36 heavy (non-hydrogen) atoms. The van der Waals surface area contributed by atoms with Crippen molar-refractivity contribution < 1.29 is 19.1 Å². The van der Waals surface area contributed by atoms with E-state index in [-0.39, 0.29) is 36.1 Å². The maximum Gasteiger partial charge on any atom is 0.274 e. The van der Waals surface area contributed by atoms with Crippen molar-refractivity contribution in [2.45, 2.75) is 52.2 Å². The Labute approximate surface area is 212 Å². The van der Waals surface area contributed by atoms with E-state index in [1.54, 1.807) is 9.80 Å². The van der Waals surface area contributed by atoms with Crippen LogP contribution in [0.3, 0.4) is 0 Å². The van der Waals surface area contributed by atoms with Gasteiger partial charge in [0.1, 0.15) is 0 Å². The molecule has 1 atom stereocenters. The summed E-state index contributed by atoms with van der Waals surface area (Å²) in [6, 6.07) is 10.3. The molecule has 9 nitrogen and oxygen atoms in total. The summed E-state index contributed by atoms with van der Waals surface area (Å²) >= 11 is 0. The van der Waals surface area contributed by atoms with E-state index in [0.717, 1.165) is 17.7 Å². The number of amides is 3. The molecule has 3 aliphatic rings. The van der Waals surface area contributed by atoms with Crippen LogP contribution in [0, 0.1) is 5.92 Å². The van der Waals surface area contributed by atoms with Gasteiger partial charge in [-0.15, -0.1) is 0 Å². The highest BCUT2D eigenvalue weighted by molar-refractivity contribution is 5.94. The molecular weight excluding hydrogens is 458 g/mol. The monoisotopic (exact) mass is 493 g/mol. The Kier molecular flexibility index (Phi) is 7.09. The standard InChI is InChI=1S/C27H35N5O4/c1-19(2)31-17-21(16-24(31)33)26(34)30-10-9-23-22(18-30)25(27(35)29-12-14-36-15-13-29)28-32(23)11-8-20-6-4-3-5-7-20/h3-7,19,21H,8-18H2,1-2H3. The predicted octanol–water partition coefficient (Wildman–Crippen LogP) is 1.74. The molecule has 0 spiro atoms. The second kappa shape index (κ2) is 10.4. The van der Waals surface area contributed by atoms with Crippen LogP contribution in [0.25, 0.3) is 0 Å². The Morgan fingerprint density at radius 3 is 2.53 bits per heavy atom. The smallest absolute Gasteiger partial charge is 0.274 e. The van der Waals surface area contributed by atoms with Crippen molar-refractivity contribution in [1.82, 2.24) is 24.5 Å². The molecule has 0 N–H and O–H groups in total. The Morgan fingerprint density at radius 1 is 1.08 bits per heavy atom. The fourth-order valence-corrected chi connectivity index (χ4v) is 5.49. The van der Waals surface area contributed by atoms with Crippen molar-refractivity contribution in [1.29, 1.82) is 0 Å². The zero-order valence-electron chi connectivity index (χ0n) is 21.2. The summed E-state index contributed by atoms with van der Waals surface area (Å²) in [5.41, 5.74) is 3.56. The van der Waals surface area contributed by atoms with Crippen LogP contribution in [-0.2, 0) is 40.3 Å². The van der Waals surface area contributed by atoms with Crippen LogP contribution >= 0.6 is 0 Å². The molecule has 0 radical (unpaired) electrons. The molecule has 2 aromatic rings. The molecule has 192 valence electrons. The lowest BCUT2D eigenvalue weighted by Crippen LogP contribution is -2.43. The summed E-state index contributed by atoms with van der Waals surface area (Å²) in [5.74, 6) is -0.380. The third kappa shape index (κ3) is 4.89. The molecule has 1 unspecified atom stereocenters. The molecule has 2 fully saturated rings. The Balaban J connectivity index is 1.38. The van der Waals surface area contributed by atoms with Gasteiger partial charge in [-0.05, 0) is 25.8 Å². The zero-order valence-corrected chi connectivity index (χ0v) is 21.2. The fraction of sp³-hybridized carbons (Fsp3) is 0.556. The Bertz CT molecular complexity index is 1120. The lowest BCUT2D eigenvalue weighted by molar-refractivity contribution is -0.136. The SMILES string of the molecule is CC(C)N1CC(C(=O)N2CCc3c(c(C(=O)N4CCOCC4)nn3CCc3ccccc3)C2)CC1=O. The zero-order chi connectivity index (χ0) is 25.2. The highest BCUT2D eigenvalue weighted by Gasteiger charge is 2.39. The predicted molar refractivity (Wildman–Crippen MR) is 133 cm³/mol. The number of carbonyl (C=O) groups is 3. The maximum absolute atomic E-state index is 13.5. The fourth-order valence-electron chi connectivity index (χ4n) is 5.49. The van der Waals surface area contributed by atoms with E-state index in [0.29, 0.717) is 64.6 Å². The van der Waals surface area contributed by atoms with Gasteiger partial charge in [0.25, 0.3) is 5.91 Å². The number of benzene rings is 1. The number of hydrogen-bond donors (Lipinski definition) is 0. The summed E-state index contributed by atoms with van der Waals surface area (Å²) < 4.78 is 7.40. The van der Waals surface area contributed by atoms with Crippen LogP contribution in [0.1, 0.15) is 47.6 Å². The molecule has 9 heteroatoms. The summed E-state index contributed by atoms with van der Waals surface area (Å²) in [6.07, 6.45) is 1.72. The molecule has 4 heterocycles. The largest absolute Gasteiger partial charge is 0.378 e. The third-order valence-corrected chi connectivity index (χ3v) is 7.53. The number of aryl methyl sites for hydroxylation is 2. The Morgan fingerprint density at radius 2 is 1.83 bits per heavy atom. The van der Waals surface area contributed by atoms with Crippen LogP contribution in [0.5, 0.6) is 0 Å². The van der Waals surface area contributed by atoms with Crippen LogP contribution < -0.4 is 0 Å². The minimum atomic E-state index is -0.326. The van der Waals surface area contributed by atoms with Gasteiger partial charge in [0.15, 0.2) is 5.69 Å². The first-order chi connectivity index (χ1) is 17.4. The number of hydrogen-bond acceptors (Lipinski definition) is 5. The van der Waals surface area contributed by atoms with Crippen molar-refractivity contribution in [2.75, 3.05) is 39.4 Å². The molecule has 1 aromatic carbocycles. The number of rotatable bonds is 6. The van der Waals surface area contributed by atoms with E-state index in [4.69, 9.17) is 9.84 Å². The quantitative estimate of drug-likeness (QED) is 0.612. The second-order valence-corrected chi connectivity index (χ2v) is 10.2. The molecule has 3 aliphatic heterocycles. The van der Waals surface area contributed by atoms with Crippen molar-refractivity contribution in [3.8, 4) is 0 Å². The first-order valence-electron chi connectivity index (χ1n) is 13.0. The van der Waals surface area contributed by atoms with Crippen LogP contribution in [0.15, 0.2) is 30.3 Å². The van der Waals surface area contributed by atoms with Gasteiger partial charge in [-0.2, -0.15) is 5.10 Å². The van der Waals surface area contributed by atoms with Crippen molar-refractivity contribution in [3.05, 3.63) is 52.8 Å². The summed E-state index contributed by atoms with van der Waals surface area (Å²) in [6.45, 7) is 8.16. The van der Waals surface area contributed by atoms with Gasteiger partial charge in [0.05, 0.1) is 19.1 Å². The molecule has 3 amide bonds. The maximum atomic E-state index is 13.5. The highest BCUT2D eigenvalue weighted by Crippen LogP contribution is 2.28. The molecule has 0 bridgehead atoms. The molecule has 5 rings (SSSR count). The number of carbonyl (C=O) groups excluding carboxylic acids is 3. The molecule has 2 saturated heterocycles. The average molecular weight is 494 g/mol. The number of fused-ring (bicyclic) bond motifs is 1. The molecule has 1 aromatic heterocycles. The van der Waals surface area contributed by atoms with E-state index < -0.39 is 0 Å². The normalized spacial score (nSPS) is 20.2. The van der Waals surface area contributed by atoms with Gasteiger partial charge >= 0.3 is 0 Å². The van der Waals surface area contributed by atoms with E-state index in [2.05, 4.69) is 12.1 Å². The Hall–Kier alpha value is -3.20. The summed E-state index contributed by atoms with van der Waals surface area (Å²) in [4.78, 5) is 44.7. The number of ether oxygens (including phenoxy) is 1. The first-order valence-corrected chi connectivity index (χ1v) is 13.0. The van der Waals surface area contributed by atoms with Gasteiger partial charge in [-0.3, -0.25) is 19.1 Å². The van der Waals surface area contributed by atoms with Crippen molar-refractivity contribution >= 4 is 17.7 Å². The second-order valence-electron chi connectivity index (χ2n) is 10.2. The molecule has 0 saturated carbocycles. The van der Waals surface area contributed by atoms with Gasteiger partial charge in [-0.25, -0.2) is 0 Å². The van der Waals surface area contributed by atoms with Gasteiger partial charge in [-0.1, -0.05) is 30.3 Å². The topological polar surface area (TPSA) is 88.0 Å². The summed E-state index contributed by atoms with van der Waals surface area (Å²) in [5, 5.41) is 4.80. The van der Waals surface area contributed by atoms with E-state index >= 15 is 0 Å². The van der Waals surface area contributed by atoms with Crippen LogP contribution in [-0.4, -0.2) is 87.6 Å². The lowest BCUT2D eigenvalue weighted by Gasteiger charge is -2.31. The van der Waals surface area contributed by atoms with Gasteiger partial charge < -0.3 is 19.4 Å². The third-order valence-electron chi connectivity index (χ3n) is 7.53. The number of nitrogens with zero attached hydrogens (tertiary/aromatic N) is 5. The van der Waals surface area contributed by atoms with Crippen molar-refractivity contribution in [2.24, 2.45) is 5.92 Å². The molecular formula is C27H35N5O4. The average Bonchev–Trinajstić information content (AvgIpc) is 3.48. The minimum Gasteiger partial charge on any atom is -0.378 e. The first kappa shape index (κ1) is 24.5. The van der Waals surface area contributed by atoms with E-state index in [1.807, 2.05) is 41.6 Å². The van der Waals surface area contributed by atoms with Crippen LogP contribution in [0.2, 0.25) is 0 Å². The molecule has 0 aliphatic carbocycles. The van der Waals surface area contributed by atoms with Crippen molar-refractivity contribution in [3.63, 3.8) is 0 Å². The van der Waals surface area contributed by atoms with E-state index in [9.17, 15) is 14.4 Å². The number of aromatic nitrogens is 2. The van der Waals surface area contributed by atoms with Crippen LogP contribution in [0.4, 0.5) is 0 Å². The number of likely N-dealkylation sites (tertiary alicyclic amines) is 1.